The predicted molar refractivity (Wildman–Crippen MR) is 103 cm³/mol. The number of rotatable bonds is 5. The van der Waals surface area contributed by atoms with Crippen LogP contribution in [0.1, 0.15) is 43.2 Å². The smallest absolute Gasteiger partial charge is 0.214 e. The van der Waals surface area contributed by atoms with Gasteiger partial charge in [-0.3, -0.25) is 0 Å². The van der Waals surface area contributed by atoms with Crippen molar-refractivity contribution in [2.45, 2.75) is 44.1 Å². The van der Waals surface area contributed by atoms with Crippen LogP contribution in [0.3, 0.4) is 0 Å². The molecule has 0 unspecified atom stereocenters. The molecule has 0 spiro atoms. The van der Waals surface area contributed by atoms with Crippen molar-refractivity contribution in [3.63, 3.8) is 0 Å². The minimum absolute atomic E-state index is 0.256. The van der Waals surface area contributed by atoms with Crippen LogP contribution in [-0.2, 0) is 14.8 Å². The van der Waals surface area contributed by atoms with Crippen molar-refractivity contribution >= 4 is 21.4 Å². The molecule has 0 radical (unpaired) electrons. The van der Waals surface area contributed by atoms with Gasteiger partial charge >= 0.3 is 0 Å². The maximum absolute atomic E-state index is 12.3. The van der Waals surface area contributed by atoms with Gasteiger partial charge in [0.2, 0.25) is 10.0 Å². The molecule has 1 N–H and O–H groups in total. The van der Waals surface area contributed by atoms with Gasteiger partial charge in [0.1, 0.15) is 10.9 Å². The van der Waals surface area contributed by atoms with Crippen LogP contribution in [0, 0.1) is 11.3 Å². The van der Waals surface area contributed by atoms with Gasteiger partial charge in [0.25, 0.3) is 0 Å². The number of nitrogens with zero attached hydrogens (tertiary/aromatic N) is 1. The fraction of sp³-hybridized carbons (Fsp3) is 0.421. The zero-order chi connectivity index (χ0) is 18.7. The first kappa shape index (κ1) is 19.1. The Morgan fingerprint density at radius 3 is 2.58 bits per heavy atom. The Morgan fingerprint density at radius 1 is 1.23 bits per heavy atom. The van der Waals surface area contributed by atoms with Crippen LogP contribution in [0.2, 0.25) is 0 Å². The van der Waals surface area contributed by atoms with Crippen molar-refractivity contribution < 1.29 is 13.2 Å². The van der Waals surface area contributed by atoms with E-state index >= 15 is 0 Å². The molecule has 1 saturated heterocycles. The lowest BCUT2D eigenvalue weighted by atomic mass is 9.96. The third-order valence-electron chi connectivity index (χ3n) is 4.50. The Bertz CT molecular complexity index is 896. The lowest BCUT2D eigenvalue weighted by Gasteiger charge is -2.33. The molecule has 0 amide bonds. The van der Waals surface area contributed by atoms with Gasteiger partial charge in [0, 0.05) is 11.5 Å². The summed E-state index contributed by atoms with van der Waals surface area (Å²) in [7, 11) is -3.35. The molecular weight excluding hydrogens is 368 g/mol. The Labute approximate surface area is 158 Å². The van der Waals surface area contributed by atoms with Gasteiger partial charge in [0.05, 0.1) is 17.4 Å². The van der Waals surface area contributed by atoms with Gasteiger partial charge in [-0.05, 0) is 49.9 Å². The molecule has 138 valence electrons. The van der Waals surface area contributed by atoms with Crippen molar-refractivity contribution in [3.8, 4) is 16.5 Å². The van der Waals surface area contributed by atoms with E-state index in [1.54, 1.807) is 13.8 Å². The molecule has 2 aromatic rings. The summed E-state index contributed by atoms with van der Waals surface area (Å²) in [6.45, 7) is 3.97. The number of sulfonamides is 1. The highest BCUT2D eigenvalue weighted by Crippen LogP contribution is 2.32. The number of nitrogens with one attached hydrogen (secondary N) is 1. The first-order valence-corrected chi connectivity index (χ1v) is 11.0. The summed E-state index contributed by atoms with van der Waals surface area (Å²) >= 11 is 1.46. The molecule has 1 aromatic carbocycles. The van der Waals surface area contributed by atoms with Crippen molar-refractivity contribution in [2.75, 3.05) is 6.61 Å². The Morgan fingerprint density at radius 2 is 1.96 bits per heavy atom. The topological polar surface area (TPSA) is 79.2 Å². The molecule has 2 atom stereocenters. The number of thiophene rings is 1. The minimum Gasteiger partial charge on any atom is -0.372 e. The molecule has 3 rings (SSSR count). The van der Waals surface area contributed by atoms with Crippen LogP contribution in [0.4, 0.5) is 0 Å². The van der Waals surface area contributed by atoms with E-state index in [1.807, 2.05) is 36.4 Å². The Kier molecular flexibility index (Phi) is 5.78. The van der Waals surface area contributed by atoms with Crippen LogP contribution in [0.25, 0.3) is 10.4 Å². The van der Waals surface area contributed by atoms with Crippen LogP contribution < -0.4 is 4.72 Å². The number of ether oxygens (including phenoxy) is 1. The van der Waals surface area contributed by atoms with Gasteiger partial charge < -0.3 is 4.74 Å². The molecule has 7 heteroatoms. The van der Waals surface area contributed by atoms with E-state index in [-0.39, 0.29) is 12.1 Å². The largest absolute Gasteiger partial charge is 0.372 e. The summed E-state index contributed by atoms with van der Waals surface area (Å²) in [4.78, 5) is 1.72. The van der Waals surface area contributed by atoms with Crippen LogP contribution in [0.15, 0.2) is 36.4 Å². The van der Waals surface area contributed by atoms with E-state index in [9.17, 15) is 8.42 Å². The lowest BCUT2D eigenvalue weighted by molar-refractivity contribution is -0.00446. The molecule has 5 nitrogen and oxygen atoms in total. The van der Waals surface area contributed by atoms with Crippen molar-refractivity contribution in [3.05, 3.63) is 46.8 Å². The standard InChI is InChI=1S/C19H22N2O3S2/c1-13(2)26(22,23)21-17-4-3-11-24-19(17)15-7-5-14(6-8-15)18-10-9-16(12-20)25-18/h5-10,13,17,19,21H,3-4,11H2,1-2H3/t17-,19-/m0/s1. The van der Waals surface area contributed by atoms with E-state index in [0.29, 0.717) is 11.5 Å². The predicted octanol–water partition coefficient (Wildman–Crippen LogP) is 3.83. The van der Waals surface area contributed by atoms with Crippen molar-refractivity contribution in [1.82, 2.24) is 4.72 Å². The maximum atomic E-state index is 12.3. The van der Waals surface area contributed by atoms with Crippen molar-refractivity contribution in [1.29, 1.82) is 5.26 Å². The van der Waals surface area contributed by atoms with E-state index in [1.165, 1.54) is 11.3 Å². The number of nitriles is 1. The average Bonchev–Trinajstić information content (AvgIpc) is 3.11. The third kappa shape index (κ3) is 4.15. The fourth-order valence-corrected chi connectivity index (χ4v) is 4.71. The van der Waals surface area contributed by atoms with E-state index in [4.69, 9.17) is 10.00 Å². The van der Waals surface area contributed by atoms with Crippen LogP contribution in [0.5, 0.6) is 0 Å². The van der Waals surface area contributed by atoms with Crippen LogP contribution in [-0.4, -0.2) is 26.3 Å². The first-order chi connectivity index (χ1) is 12.4. The highest BCUT2D eigenvalue weighted by molar-refractivity contribution is 7.90. The number of hydrogen-bond acceptors (Lipinski definition) is 5. The zero-order valence-electron chi connectivity index (χ0n) is 14.8. The highest BCUT2D eigenvalue weighted by Gasteiger charge is 2.31. The molecule has 26 heavy (non-hydrogen) atoms. The summed E-state index contributed by atoms with van der Waals surface area (Å²) in [5, 5.41) is 8.49. The maximum Gasteiger partial charge on any atom is 0.214 e. The summed E-state index contributed by atoms with van der Waals surface area (Å²) in [5.41, 5.74) is 2.00. The molecular formula is C19H22N2O3S2. The van der Waals surface area contributed by atoms with E-state index < -0.39 is 15.3 Å². The summed E-state index contributed by atoms with van der Waals surface area (Å²) in [5.74, 6) is 0. The summed E-state index contributed by atoms with van der Waals surface area (Å²) in [6, 6.07) is 13.6. The van der Waals surface area contributed by atoms with Gasteiger partial charge in [-0.15, -0.1) is 11.3 Å². The second-order valence-electron chi connectivity index (χ2n) is 6.65. The second-order valence-corrected chi connectivity index (χ2v) is 10.0. The fourth-order valence-electron chi connectivity index (χ4n) is 2.97. The summed E-state index contributed by atoms with van der Waals surface area (Å²) in [6.07, 6.45) is 1.31. The van der Waals surface area contributed by atoms with Gasteiger partial charge in [-0.2, -0.15) is 5.26 Å². The molecule has 1 aliphatic rings. The second kappa shape index (κ2) is 7.89. The summed E-state index contributed by atoms with van der Waals surface area (Å²) < 4.78 is 33.2. The molecule has 1 fully saturated rings. The van der Waals surface area contributed by atoms with Crippen molar-refractivity contribution in [2.24, 2.45) is 0 Å². The SMILES string of the molecule is CC(C)S(=O)(=O)N[C@H]1CCCO[C@H]1c1ccc(-c2ccc(C#N)s2)cc1. The molecule has 1 aromatic heterocycles. The van der Waals surface area contributed by atoms with Gasteiger partial charge in [-0.25, -0.2) is 13.1 Å². The lowest BCUT2D eigenvalue weighted by Crippen LogP contribution is -2.45. The molecule has 0 bridgehead atoms. The quantitative estimate of drug-likeness (QED) is 0.841. The normalized spacial score (nSPS) is 20.8. The van der Waals surface area contributed by atoms with E-state index in [0.717, 1.165) is 28.8 Å². The monoisotopic (exact) mass is 390 g/mol. The van der Waals surface area contributed by atoms with Gasteiger partial charge in [-0.1, -0.05) is 24.3 Å². The highest BCUT2D eigenvalue weighted by atomic mass is 32.2. The molecule has 0 aliphatic carbocycles. The first-order valence-electron chi connectivity index (χ1n) is 8.64. The Hall–Kier alpha value is -1.72. The van der Waals surface area contributed by atoms with Crippen LogP contribution >= 0.6 is 11.3 Å². The zero-order valence-corrected chi connectivity index (χ0v) is 16.4. The molecule has 0 saturated carbocycles. The van der Waals surface area contributed by atoms with Gasteiger partial charge in [0.15, 0.2) is 0 Å². The number of hydrogen-bond donors (Lipinski definition) is 1. The third-order valence-corrected chi connectivity index (χ3v) is 7.41. The average molecular weight is 391 g/mol. The number of benzene rings is 1. The minimum atomic E-state index is -3.35. The van der Waals surface area contributed by atoms with E-state index in [2.05, 4.69) is 10.8 Å². The molecule has 1 aliphatic heterocycles. The molecule has 2 heterocycles. The Balaban J connectivity index is 1.81.